The van der Waals surface area contributed by atoms with Crippen LogP contribution in [-0.2, 0) is 16.8 Å². The van der Waals surface area contributed by atoms with Gasteiger partial charge < -0.3 is 9.47 Å². The molecule has 2 aromatic heterocycles. The largest absolute Gasteiger partial charge is 0.484 e. The van der Waals surface area contributed by atoms with Gasteiger partial charge in [0.1, 0.15) is 23.2 Å². The summed E-state index contributed by atoms with van der Waals surface area (Å²) in [6.07, 6.45) is -3.91. The zero-order valence-corrected chi connectivity index (χ0v) is 19.1. The van der Waals surface area contributed by atoms with Crippen LogP contribution in [0.4, 0.5) is 13.2 Å². The molecule has 0 N–H and O–H groups in total. The Kier molecular flexibility index (Phi) is 6.36. The fourth-order valence-corrected chi connectivity index (χ4v) is 4.64. The Morgan fingerprint density at radius 3 is 2.67 bits per heavy atom. The number of aromatic nitrogens is 2. The van der Waals surface area contributed by atoms with Gasteiger partial charge in [0.05, 0.1) is 23.7 Å². The number of alkyl halides is 4. The molecule has 4 aromatic rings. The zero-order chi connectivity index (χ0) is 23.8. The van der Waals surface area contributed by atoms with E-state index in [4.69, 9.17) is 21.1 Å². The van der Waals surface area contributed by atoms with Gasteiger partial charge in [0.15, 0.2) is 4.88 Å². The highest BCUT2D eigenvalue weighted by atomic mass is 35.5. The number of esters is 1. The highest BCUT2D eigenvalue weighted by molar-refractivity contribution is 7.16. The number of methoxy groups -OCH3 is 1. The van der Waals surface area contributed by atoms with Gasteiger partial charge in [-0.3, -0.25) is 4.57 Å². The maximum absolute atomic E-state index is 13.5. The average Bonchev–Trinajstić information content (AvgIpc) is 3.41. The van der Waals surface area contributed by atoms with Crippen molar-refractivity contribution in [3.63, 3.8) is 0 Å². The Bertz CT molecular complexity index is 1320. The first-order valence-electron chi connectivity index (χ1n) is 9.80. The van der Waals surface area contributed by atoms with Crippen LogP contribution in [0.1, 0.15) is 39.4 Å². The second-order valence-corrected chi connectivity index (χ2v) is 8.48. The second kappa shape index (κ2) is 9.07. The Labute approximate surface area is 196 Å². The lowest BCUT2D eigenvalue weighted by Gasteiger charge is -2.19. The van der Waals surface area contributed by atoms with Gasteiger partial charge in [-0.15, -0.1) is 22.9 Å². The van der Waals surface area contributed by atoms with Crippen molar-refractivity contribution in [2.75, 3.05) is 7.11 Å². The monoisotopic (exact) mass is 494 g/mol. The molecule has 0 saturated carbocycles. The fourth-order valence-electron chi connectivity index (χ4n) is 3.48. The molecule has 172 valence electrons. The molecule has 10 heteroatoms. The summed E-state index contributed by atoms with van der Waals surface area (Å²) < 4.78 is 52.9. The number of fused-ring (bicyclic) bond motifs is 1. The molecule has 0 aliphatic heterocycles. The fraction of sp³-hybridized carbons (Fsp3) is 0.217. The molecular weight excluding hydrogens is 477 g/mol. The summed E-state index contributed by atoms with van der Waals surface area (Å²) in [4.78, 5) is 16.9. The normalized spacial score (nSPS) is 12.7. The lowest BCUT2D eigenvalue weighted by atomic mass is 10.0. The first-order chi connectivity index (χ1) is 15.7. The van der Waals surface area contributed by atoms with E-state index in [0.29, 0.717) is 10.9 Å². The van der Waals surface area contributed by atoms with Crippen molar-refractivity contribution >= 4 is 39.9 Å². The first-order valence-corrected chi connectivity index (χ1v) is 11.1. The smallest absolute Gasteiger partial charge is 0.416 e. The number of halogens is 4. The Morgan fingerprint density at radius 2 is 1.97 bits per heavy atom. The van der Waals surface area contributed by atoms with Gasteiger partial charge in [-0.05, 0) is 30.7 Å². The van der Waals surface area contributed by atoms with Crippen LogP contribution in [0.25, 0.3) is 16.0 Å². The topological polar surface area (TPSA) is 53.4 Å². The summed E-state index contributed by atoms with van der Waals surface area (Å²) in [7, 11) is 1.23. The summed E-state index contributed by atoms with van der Waals surface area (Å²) in [5.41, 5.74) is 1.57. The van der Waals surface area contributed by atoms with Crippen LogP contribution < -0.4 is 4.74 Å². The maximum atomic E-state index is 13.5. The number of hydrogen-bond donors (Lipinski definition) is 0. The number of rotatable bonds is 6. The van der Waals surface area contributed by atoms with Gasteiger partial charge in [0.25, 0.3) is 0 Å². The van der Waals surface area contributed by atoms with E-state index in [1.54, 1.807) is 17.0 Å². The minimum absolute atomic E-state index is 0.0339. The van der Waals surface area contributed by atoms with Gasteiger partial charge >= 0.3 is 12.1 Å². The summed E-state index contributed by atoms with van der Waals surface area (Å²) >= 11 is 7.05. The summed E-state index contributed by atoms with van der Waals surface area (Å²) in [5.74, 6) is -0.200. The van der Waals surface area contributed by atoms with Crippen molar-refractivity contribution in [2.45, 2.75) is 25.1 Å². The average molecular weight is 495 g/mol. The molecule has 1 unspecified atom stereocenters. The number of ether oxygens (including phenoxy) is 2. The van der Waals surface area contributed by atoms with Gasteiger partial charge in [0, 0.05) is 17.5 Å². The minimum atomic E-state index is -4.53. The van der Waals surface area contributed by atoms with Gasteiger partial charge in [0.2, 0.25) is 0 Å². The summed E-state index contributed by atoms with van der Waals surface area (Å²) in [5, 5.41) is 0.593. The van der Waals surface area contributed by atoms with Crippen molar-refractivity contribution in [3.05, 3.63) is 76.4 Å². The third-order valence-corrected chi connectivity index (χ3v) is 6.47. The predicted molar refractivity (Wildman–Crippen MR) is 120 cm³/mol. The lowest BCUT2D eigenvalue weighted by Crippen LogP contribution is -2.14. The molecule has 0 fully saturated rings. The first kappa shape index (κ1) is 23.1. The predicted octanol–water partition coefficient (Wildman–Crippen LogP) is 6.77. The number of carbonyl (C=O) groups excluding carboxylic acids is 1. The van der Waals surface area contributed by atoms with Crippen molar-refractivity contribution in [1.82, 2.24) is 9.55 Å². The van der Waals surface area contributed by atoms with Crippen LogP contribution in [0, 0.1) is 0 Å². The standard InChI is InChI=1S/C23H18ClF3N2O3S/c1-13(15-5-3-4-6-16(15)23(25,26)27)32-19-10-20(33-21(19)22(30)31-2)29-12-28-17-8-7-14(11-24)9-18(17)29/h3-10,12-13H,11H2,1-2H3. The van der Waals surface area contributed by atoms with E-state index in [0.717, 1.165) is 34.0 Å². The van der Waals surface area contributed by atoms with E-state index in [9.17, 15) is 18.0 Å². The maximum Gasteiger partial charge on any atom is 0.416 e. The number of thiophene rings is 1. The van der Waals surface area contributed by atoms with Crippen LogP contribution in [0.15, 0.2) is 54.9 Å². The van der Waals surface area contributed by atoms with E-state index in [1.807, 2.05) is 18.2 Å². The van der Waals surface area contributed by atoms with Crippen LogP contribution in [0.2, 0.25) is 0 Å². The van der Waals surface area contributed by atoms with Crippen molar-refractivity contribution < 1.29 is 27.4 Å². The molecule has 4 rings (SSSR count). The molecule has 2 heterocycles. The molecule has 0 aliphatic rings. The van der Waals surface area contributed by atoms with Gasteiger partial charge in [-0.25, -0.2) is 9.78 Å². The molecule has 0 bridgehead atoms. The van der Waals surface area contributed by atoms with Crippen molar-refractivity contribution in [2.24, 2.45) is 0 Å². The molecule has 0 amide bonds. The molecule has 33 heavy (non-hydrogen) atoms. The molecule has 1 atom stereocenters. The van der Waals surface area contributed by atoms with E-state index < -0.39 is 23.8 Å². The number of imidazole rings is 1. The van der Waals surface area contributed by atoms with Crippen LogP contribution in [0.5, 0.6) is 5.75 Å². The zero-order valence-electron chi connectivity index (χ0n) is 17.5. The molecule has 0 saturated heterocycles. The quantitative estimate of drug-likeness (QED) is 0.219. The van der Waals surface area contributed by atoms with E-state index in [-0.39, 0.29) is 16.2 Å². The van der Waals surface area contributed by atoms with Crippen molar-refractivity contribution in [3.8, 4) is 10.8 Å². The summed E-state index contributed by atoms with van der Waals surface area (Å²) in [6.45, 7) is 1.50. The Hall–Kier alpha value is -3.04. The Balaban J connectivity index is 1.76. The number of carbonyl (C=O) groups is 1. The molecule has 2 aromatic carbocycles. The highest BCUT2D eigenvalue weighted by Crippen LogP contribution is 2.39. The minimum Gasteiger partial charge on any atom is -0.484 e. The van der Waals surface area contributed by atoms with E-state index >= 15 is 0 Å². The number of benzene rings is 2. The SMILES string of the molecule is COC(=O)c1sc(-n2cnc3ccc(CCl)cc32)cc1OC(C)c1ccccc1C(F)(F)F. The van der Waals surface area contributed by atoms with Crippen LogP contribution in [0.3, 0.4) is 0 Å². The van der Waals surface area contributed by atoms with E-state index in [1.165, 1.54) is 32.2 Å². The van der Waals surface area contributed by atoms with E-state index in [2.05, 4.69) is 4.98 Å². The number of nitrogens with zero attached hydrogens (tertiary/aromatic N) is 2. The molecular formula is C23H18ClF3N2O3S. The molecule has 0 radical (unpaired) electrons. The second-order valence-electron chi connectivity index (χ2n) is 7.19. The molecule has 5 nitrogen and oxygen atoms in total. The van der Waals surface area contributed by atoms with Crippen LogP contribution >= 0.6 is 22.9 Å². The highest BCUT2D eigenvalue weighted by Gasteiger charge is 2.35. The molecule has 0 aliphatic carbocycles. The lowest BCUT2D eigenvalue weighted by molar-refractivity contribution is -0.139. The number of hydrogen-bond acceptors (Lipinski definition) is 5. The van der Waals surface area contributed by atoms with Crippen molar-refractivity contribution in [1.29, 1.82) is 0 Å². The molecule has 0 spiro atoms. The summed E-state index contributed by atoms with van der Waals surface area (Å²) in [6, 6.07) is 12.4. The Morgan fingerprint density at radius 1 is 1.21 bits per heavy atom. The third-order valence-electron chi connectivity index (χ3n) is 5.07. The van der Waals surface area contributed by atoms with Gasteiger partial charge in [-0.1, -0.05) is 24.3 Å². The van der Waals surface area contributed by atoms with Gasteiger partial charge in [-0.2, -0.15) is 13.2 Å². The third kappa shape index (κ3) is 4.56. The van der Waals surface area contributed by atoms with Crippen LogP contribution in [-0.4, -0.2) is 22.6 Å².